The Morgan fingerprint density at radius 2 is 1.94 bits per heavy atom. The summed E-state index contributed by atoms with van der Waals surface area (Å²) in [5, 5.41) is 8.73. The van der Waals surface area contributed by atoms with E-state index >= 15 is 0 Å². The van der Waals surface area contributed by atoms with Crippen LogP contribution in [-0.4, -0.2) is 53.9 Å². The third-order valence-electron chi connectivity index (χ3n) is 2.18. The van der Waals surface area contributed by atoms with Crippen molar-refractivity contribution in [1.29, 1.82) is 0 Å². The maximum absolute atomic E-state index is 12.2. The Bertz CT molecular complexity index is 291. The minimum Gasteiger partial charge on any atom is -0.480 e. The molecule has 0 aliphatic carbocycles. The van der Waals surface area contributed by atoms with E-state index in [1.807, 2.05) is 0 Å². The molecule has 16 heavy (non-hydrogen) atoms. The second-order valence-corrected chi connectivity index (χ2v) is 3.25. The third kappa shape index (κ3) is 2.84. The lowest BCUT2D eigenvalue weighted by Crippen LogP contribution is -2.50. The van der Waals surface area contributed by atoms with Gasteiger partial charge in [0.25, 0.3) is 0 Å². The summed E-state index contributed by atoms with van der Waals surface area (Å²) in [4.78, 5) is 22.0. The van der Waals surface area contributed by atoms with E-state index in [-0.39, 0.29) is 26.2 Å². The van der Waals surface area contributed by atoms with Crippen LogP contribution >= 0.6 is 0 Å². The van der Waals surface area contributed by atoms with Crippen LogP contribution in [0.5, 0.6) is 0 Å². The molecule has 0 aromatic rings. The molecule has 1 unspecified atom stereocenters. The summed E-state index contributed by atoms with van der Waals surface area (Å²) >= 11 is 0. The number of carboxylic acids is 1. The Balaban J connectivity index is 2.87. The average Bonchev–Trinajstić information content (AvgIpc) is 2.39. The van der Waals surface area contributed by atoms with Crippen LogP contribution in [-0.2, 0) is 14.3 Å². The van der Waals surface area contributed by atoms with E-state index in [2.05, 4.69) is 0 Å². The van der Waals surface area contributed by atoms with E-state index in [0.29, 0.717) is 4.90 Å². The number of nitrogens with zero attached hydrogens (tertiary/aromatic N) is 1. The molecule has 0 bridgehead atoms. The van der Waals surface area contributed by atoms with Crippen LogP contribution in [0.1, 0.15) is 6.42 Å². The van der Waals surface area contributed by atoms with Gasteiger partial charge in [-0.25, -0.2) is 4.79 Å². The summed E-state index contributed by atoms with van der Waals surface area (Å²) in [6.07, 6.45) is -5.20. The van der Waals surface area contributed by atoms with Crippen molar-refractivity contribution in [3.8, 4) is 0 Å². The quantitative estimate of drug-likeness (QED) is 0.714. The van der Waals surface area contributed by atoms with Gasteiger partial charge < -0.3 is 14.7 Å². The molecule has 1 N–H and O–H groups in total. The van der Waals surface area contributed by atoms with Crippen LogP contribution < -0.4 is 0 Å². The summed E-state index contributed by atoms with van der Waals surface area (Å²) in [7, 11) is 0. The zero-order valence-corrected chi connectivity index (χ0v) is 8.16. The fourth-order valence-corrected chi connectivity index (χ4v) is 1.43. The molecule has 0 saturated carbocycles. The number of hydrogen-bond donors (Lipinski definition) is 1. The average molecular weight is 241 g/mol. The van der Waals surface area contributed by atoms with Crippen LogP contribution in [0.15, 0.2) is 0 Å². The van der Waals surface area contributed by atoms with Crippen LogP contribution in [0, 0.1) is 0 Å². The van der Waals surface area contributed by atoms with Gasteiger partial charge in [-0.15, -0.1) is 0 Å². The number of halogens is 3. The van der Waals surface area contributed by atoms with Crippen molar-refractivity contribution in [3.63, 3.8) is 0 Å². The van der Waals surface area contributed by atoms with Crippen molar-refractivity contribution in [3.05, 3.63) is 0 Å². The van der Waals surface area contributed by atoms with E-state index in [4.69, 9.17) is 9.84 Å². The molecule has 1 atom stereocenters. The Hall–Kier alpha value is -1.31. The van der Waals surface area contributed by atoms with Crippen LogP contribution in [0.25, 0.3) is 0 Å². The summed E-state index contributed by atoms with van der Waals surface area (Å²) in [6.45, 7) is -0.431. The van der Waals surface area contributed by atoms with E-state index in [0.717, 1.165) is 0 Å². The lowest BCUT2D eigenvalue weighted by molar-refractivity contribution is -0.189. The maximum Gasteiger partial charge on any atom is 0.471 e. The predicted octanol–water partition coefficient (Wildman–Crippen LogP) is 0.251. The molecular formula is C8H10F3NO4. The Labute approximate surface area is 88.8 Å². The van der Waals surface area contributed by atoms with Crippen LogP contribution in [0.2, 0.25) is 0 Å². The van der Waals surface area contributed by atoms with Crippen molar-refractivity contribution < 1.29 is 32.6 Å². The minimum absolute atomic E-state index is 0.0264. The fraction of sp³-hybridized carbons (Fsp3) is 0.750. The lowest BCUT2D eigenvalue weighted by atomic mass is 10.2. The van der Waals surface area contributed by atoms with Gasteiger partial charge in [0.1, 0.15) is 6.04 Å². The van der Waals surface area contributed by atoms with E-state index in [1.165, 1.54) is 0 Å². The molecule has 92 valence electrons. The second kappa shape index (κ2) is 4.69. The number of ether oxygens (including phenoxy) is 1. The number of amides is 1. The van der Waals surface area contributed by atoms with Crippen molar-refractivity contribution in [2.75, 3.05) is 19.8 Å². The van der Waals surface area contributed by atoms with Crippen LogP contribution in [0.4, 0.5) is 13.2 Å². The molecule has 1 saturated heterocycles. The van der Waals surface area contributed by atoms with Gasteiger partial charge in [0.15, 0.2) is 0 Å². The Morgan fingerprint density at radius 1 is 1.31 bits per heavy atom. The van der Waals surface area contributed by atoms with Gasteiger partial charge in [0, 0.05) is 19.6 Å². The molecule has 1 aliphatic rings. The molecule has 1 aliphatic heterocycles. The number of rotatable bonds is 1. The molecule has 1 heterocycles. The monoisotopic (exact) mass is 241 g/mol. The van der Waals surface area contributed by atoms with Gasteiger partial charge in [-0.05, 0) is 0 Å². The molecule has 5 nitrogen and oxygen atoms in total. The van der Waals surface area contributed by atoms with Gasteiger partial charge in [-0.3, -0.25) is 4.79 Å². The van der Waals surface area contributed by atoms with Gasteiger partial charge in [-0.2, -0.15) is 13.2 Å². The van der Waals surface area contributed by atoms with Gasteiger partial charge in [0.2, 0.25) is 0 Å². The highest BCUT2D eigenvalue weighted by Gasteiger charge is 2.46. The molecule has 8 heteroatoms. The van der Waals surface area contributed by atoms with Crippen molar-refractivity contribution in [2.24, 2.45) is 0 Å². The van der Waals surface area contributed by atoms with Crippen LogP contribution in [0.3, 0.4) is 0 Å². The van der Waals surface area contributed by atoms with Gasteiger partial charge in [-0.1, -0.05) is 0 Å². The molecule has 1 rings (SSSR count). The molecule has 0 aromatic heterocycles. The number of carboxylic acid groups (broad SMARTS) is 1. The summed E-state index contributed by atoms with van der Waals surface area (Å²) in [6, 6.07) is -1.48. The Kier molecular flexibility index (Phi) is 3.74. The highest BCUT2D eigenvalue weighted by atomic mass is 19.4. The van der Waals surface area contributed by atoms with Crippen molar-refractivity contribution in [2.45, 2.75) is 18.6 Å². The number of hydrogen-bond acceptors (Lipinski definition) is 3. The number of carbonyl (C=O) groups excluding carboxylic acids is 1. The first kappa shape index (κ1) is 12.8. The summed E-state index contributed by atoms with van der Waals surface area (Å²) in [5.41, 5.74) is 0. The highest BCUT2D eigenvalue weighted by Crippen LogP contribution is 2.22. The molecular weight excluding hydrogens is 231 g/mol. The third-order valence-corrected chi connectivity index (χ3v) is 2.18. The van der Waals surface area contributed by atoms with E-state index in [9.17, 15) is 22.8 Å². The fourth-order valence-electron chi connectivity index (χ4n) is 1.43. The second-order valence-electron chi connectivity index (χ2n) is 3.25. The molecule has 1 amide bonds. The predicted molar refractivity (Wildman–Crippen MR) is 44.6 cm³/mol. The SMILES string of the molecule is O=C(O)C1CCOCCN1C(=O)C(F)(F)F. The first-order valence-corrected chi connectivity index (χ1v) is 4.52. The van der Waals surface area contributed by atoms with E-state index in [1.54, 1.807) is 0 Å². The number of carbonyl (C=O) groups is 2. The largest absolute Gasteiger partial charge is 0.480 e. The molecule has 1 fully saturated rings. The molecule has 0 spiro atoms. The minimum atomic E-state index is -5.06. The lowest BCUT2D eigenvalue weighted by Gasteiger charge is -2.26. The number of aliphatic carboxylic acids is 1. The Morgan fingerprint density at radius 3 is 2.44 bits per heavy atom. The zero-order valence-electron chi connectivity index (χ0n) is 8.16. The smallest absolute Gasteiger partial charge is 0.471 e. The molecule has 0 radical (unpaired) electrons. The maximum atomic E-state index is 12.2. The normalized spacial score (nSPS) is 22.7. The van der Waals surface area contributed by atoms with E-state index < -0.39 is 24.1 Å². The van der Waals surface area contributed by atoms with Crippen molar-refractivity contribution >= 4 is 11.9 Å². The standard InChI is InChI=1S/C8H10F3NO4/c9-8(10,11)7(15)12-2-4-16-3-1-5(12)6(13)14/h5H,1-4H2,(H,13,14). The van der Waals surface area contributed by atoms with Gasteiger partial charge >= 0.3 is 18.1 Å². The highest BCUT2D eigenvalue weighted by molar-refractivity contribution is 5.87. The zero-order chi connectivity index (χ0) is 12.3. The first-order chi connectivity index (χ1) is 7.34. The number of alkyl halides is 3. The summed E-state index contributed by atoms with van der Waals surface area (Å²) in [5.74, 6) is -3.59. The summed E-state index contributed by atoms with van der Waals surface area (Å²) < 4.78 is 41.4. The van der Waals surface area contributed by atoms with Gasteiger partial charge in [0.05, 0.1) is 6.61 Å². The van der Waals surface area contributed by atoms with Crippen molar-refractivity contribution in [1.82, 2.24) is 4.90 Å². The topological polar surface area (TPSA) is 66.8 Å². The molecule has 0 aromatic carbocycles. The first-order valence-electron chi connectivity index (χ1n) is 4.52.